The first kappa shape index (κ1) is 17.8. The van der Waals surface area contributed by atoms with Crippen molar-refractivity contribution in [3.63, 3.8) is 0 Å². The van der Waals surface area contributed by atoms with Gasteiger partial charge < -0.3 is 15.4 Å². The maximum Gasteiger partial charge on any atom is 0.260 e. The van der Waals surface area contributed by atoms with Crippen molar-refractivity contribution < 1.29 is 18.7 Å². The average molecular weight is 358 g/mol. The summed E-state index contributed by atoms with van der Waals surface area (Å²) in [6, 6.07) is 5.51. The van der Waals surface area contributed by atoms with Gasteiger partial charge in [-0.25, -0.2) is 14.4 Å². The quantitative estimate of drug-likeness (QED) is 0.871. The molecule has 1 aromatic heterocycles. The first-order chi connectivity index (χ1) is 12.4. The summed E-state index contributed by atoms with van der Waals surface area (Å²) in [6.45, 7) is 2.66. The normalized spacial score (nSPS) is 16.5. The number of nitrogens with two attached hydrogens (primary N) is 1. The summed E-state index contributed by atoms with van der Waals surface area (Å²) in [5, 5.41) is 0. The largest absolute Gasteiger partial charge is 0.484 e. The molecule has 0 bridgehead atoms. The van der Waals surface area contributed by atoms with Gasteiger partial charge in [-0.1, -0.05) is 0 Å². The first-order valence-corrected chi connectivity index (χ1v) is 8.23. The summed E-state index contributed by atoms with van der Waals surface area (Å²) in [5.74, 6) is -0.0228. The Labute approximate surface area is 150 Å². The summed E-state index contributed by atoms with van der Waals surface area (Å²) >= 11 is 0. The summed E-state index contributed by atoms with van der Waals surface area (Å²) in [7, 11) is 0. The maximum absolute atomic E-state index is 12.9. The van der Waals surface area contributed by atoms with Crippen LogP contribution in [0, 0.1) is 12.7 Å². The number of amides is 2. The second kappa shape index (κ2) is 7.47. The van der Waals surface area contributed by atoms with Gasteiger partial charge >= 0.3 is 0 Å². The summed E-state index contributed by atoms with van der Waals surface area (Å²) in [4.78, 5) is 33.8. The van der Waals surface area contributed by atoms with Crippen molar-refractivity contribution in [2.24, 2.45) is 5.73 Å². The minimum Gasteiger partial charge on any atom is -0.484 e. The van der Waals surface area contributed by atoms with Crippen molar-refractivity contribution in [1.82, 2.24) is 14.9 Å². The molecular weight excluding hydrogens is 339 g/mol. The standard InChI is InChI=1S/C18H19FN4O3/c1-11-15(17(20)25)8-21-18(22-11)12-6-7-23(9-12)16(24)10-26-14-4-2-13(19)3-5-14/h2-5,8,12H,6-7,9-10H2,1H3,(H2,20,25)/t12-/m0/s1. The fraction of sp³-hybridized carbons (Fsp3) is 0.333. The Hall–Kier alpha value is -3.03. The smallest absolute Gasteiger partial charge is 0.260 e. The van der Waals surface area contributed by atoms with E-state index in [1.165, 1.54) is 30.5 Å². The highest BCUT2D eigenvalue weighted by Crippen LogP contribution is 2.25. The molecule has 1 saturated heterocycles. The monoisotopic (exact) mass is 358 g/mol. The van der Waals surface area contributed by atoms with E-state index in [-0.39, 0.29) is 24.2 Å². The SMILES string of the molecule is Cc1nc([C@H]2CCN(C(=O)COc3ccc(F)cc3)C2)ncc1C(N)=O. The van der Waals surface area contributed by atoms with Gasteiger partial charge in [0, 0.05) is 25.2 Å². The Balaban J connectivity index is 1.57. The maximum atomic E-state index is 12.9. The number of halogens is 1. The van der Waals surface area contributed by atoms with E-state index >= 15 is 0 Å². The number of benzene rings is 1. The van der Waals surface area contributed by atoms with Crippen LogP contribution in [-0.2, 0) is 4.79 Å². The molecule has 8 heteroatoms. The predicted octanol–water partition coefficient (Wildman–Crippen LogP) is 1.42. The minimum atomic E-state index is -0.560. The summed E-state index contributed by atoms with van der Waals surface area (Å²) in [5.41, 5.74) is 6.10. The lowest BCUT2D eigenvalue weighted by Crippen LogP contribution is -2.33. The number of likely N-dealkylation sites (tertiary alicyclic amines) is 1. The first-order valence-electron chi connectivity index (χ1n) is 8.23. The second-order valence-electron chi connectivity index (χ2n) is 6.16. The molecule has 0 unspecified atom stereocenters. The molecule has 1 aliphatic rings. The van der Waals surface area contributed by atoms with Gasteiger partial charge in [0.15, 0.2) is 6.61 Å². The van der Waals surface area contributed by atoms with Crippen molar-refractivity contribution in [1.29, 1.82) is 0 Å². The highest BCUT2D eigenvalue weighted by atomic mass is 19.1. The van der Waals surface area contributed by atoms with E-state index < -0.39 is 5.91 Å². The van der Waals surface area contributed by atoms with Crippen LogP contribution in [-0.4, -0.2) is 46.4 Å². The van der Waals surface area contributed by atoms with Crippen molar-refractivity contribution in [3.8, 4) is 5.75 Å². The predicted molar refractivity (Wildman–Crippen MR) is 91.1 cm³/mol. The van der Waals surface area contributed by atoms with Crippen molar-refractivity contribution in [2.75, 3.05) is 19.7 Å². The summed E-state index contributed by atoms with van der Waals surface area (Å²) in [6.07, 6.45) is 2.17. The molecule has 2 aromatic rings. The van der Waals surface area contributed by atoms with E-state index in [0.717, 1.165) is 6.42 Å². The molecule has 0 saturated carbocycles. The lowest BCUT2D eigenvalue weighted by molar-refractivity contribution is -0.132. The molecule has 26 heavy (non-hydrogen) atoms. The molecule has 2 N–H and O–H groups in total. The Bertz CT molecular complexity index is 826. The number of aromatic nitrogens is 2. The molecule has 136 valence electrons. The second-order valence-corrected chi connectivity index (χ2v) is 6.16. The van der Waals surface area contributed by atoms with Gasteiger partial charge in [0.2, 0.25) is 0 Å². The zero-order valence-electron chi connectivity index (χ0n) is 14.3. The highest BCUT2D eigenvalue weighted by molar-refractivity contribution is 5.93. The fourth-order valence-corrected chi connectivity index (χ4v) is 2.89. The molecule has 7 nitrogen and oxygen atoms in total. The zero-order chi connectivity index (χ0) is 18.7. The molecule has 1 aliphatic heterocycles. The molecule has 1 aromatic carbocycles. The Kier molecular flexibility index (Phi) is 5.11. The lowest BCUT2D eigenvalue weighted by Gasteiger charge is -2.17. The number of aryl methyl sites for hydroxylation is 1. The van der Waals surface area contributed by atoms with Crippen LogP contribution in [0.3, 0.4) is 0 Å². The molecule has 0 spiro atoms. The minimum absolute atomic E-state index is 0.00500. The Morgan fingerprint density at radius 2 is 2.08 bits per heavy atom. The Morgan fingerprint density at radius 1 is 1.35 bits per heavy atom. The van der Waals surface area contributed by atoms with Gasteiger partial charge in [-0.05, 0) is 37.6 Å². The van der Waals surface area contributed by atoms with Crippen LogP contribution in [0.4, 0.5) is 4.39 Å². The van der Waals surface area contributed by atoms with Crippen LogP contribution in [0.25, 0.3) is 0 Å². The summed E-state index contributed by atoms with van der Waals surface area (Å²) < 4.78 is 18.3. The van der Waals surface area contributed by atoms with Crippen LogP contribution >= 0.6 is 0 Å². The van der Waals surface area contributed by atoms with Crippen LogP contribution in [0.2, 0.25) is 0 Å². The van der Waals surface area contributed by atoms with Crippen molar-refractivity contribution >= 4 is 11.8 Å². The number of hydrogen-bond donors (Lipinski definition) is 1. The number of nitrogens with zero attached hydrogens (tertiary/aromatic N) is 3. The van der Waals surface area contributed by atoms with E-state index in [0.29, 0.717) is 35.9 Å². The van der Waals surface area contributed by atoms with Gasteiger partial charge in [0.05, 0.1) is 11.3 Å². The van der Waals surface area contributed by atoms with Crippen LogP contribution < -0.4 is 10.5 Å². The third-order valence-corrected chi connectivity index (χ3v) is 4.35. The van der Waals surface area contributed by atoms with E-state index in [9.17, 15) is 14.0 Å². The number of carbonyl (C=O) groups is 2. The van der Waals surface area contributed by atoms with Gasteiger partial charge in [-0.3, -0.25) is 9.59 Å². The molecule has 1 fully saturated rings. The topological polar surface area (TPSA) is 98.4 Å². The molecule has 2 amide bonds. The number of carbonyl (C=O) groups excluding carboxylic acids is 2. The number of ether oxygens (including phenoxy) is 1. The average Bonchev–Trinajstić information content (AvgIpc) is 3.11. The fourth-order valence-electron chi connectivity index (χ4n) is 2.89. The number of hydrogen-bond acceptors (Lipinski definition) is 5. The third kappa shape index (κ3) is 3.96. The molecule has 1 atom stereocenters. The van der Waals surface area contributed by atoms with Gasteiger partial charge in [-0.15, -0.1) is 0 Å². The van der Waals surface area contributed by atoms with Crippen molar-refractivity contribution in [3.05, 3.63) is 53.4 Å². The molecular formula is C18H19FN4O3. The van der Waals surface area contributed by atoms with Crippen LogP contribution in [0.1, 0.15) is 34.2 Å². The molecule has 0 radical (unpaired) electrons. The van der Waals surface area contributed by atoms with Crippen LogP contribution in [0.5, 0.6) is 5.75 Å². The number of primary amides is 1. The van der Waals surface area contributed by atoms with Gasteiger partial charge in [-0.2, -0.15) is 0 Å². The molecule has 2 heterocycles. The number of rotatable bonds is 5. The Morgan fingerprint density at radius 3 is 2.73 bits per heavy atom. The molecule has 0 aliphatic carbocycles. The van der Waals surface area contributed by atoms with Crippen LogP contribution in [0.15, 0.2) is 30.5 Å². The molecule has 3 rings (SSSR count). The third-order valence-electron chi connectivity index (χ3n) is 4.35. The van der Waals surface area contributed by atoms with Crippen molar-refractivity contribution in [2.45, 2.75) is 19.3 Å². The van der Waals surface area contributed by atoms with E-state index in [1.54, 1.807) is 11.8 Å². The van der Waals surface area contributed by atoms with E-state index in [4.69, 9.17) is 10.5 Å². The van der Waals surface area contributed by atoms with Gasteiger partial charge in [0.25, 0.3) is 11.8 Å². The van der Waals surface area contributed by atoms with Gasteiger partial charge in [0.1, 0.15) is 17.4 Å². The highest BCUT2D eigenvalue weighted by Gasteiger charge is 2.29. The zero-order valence-corrected chi connectivity index (χ0v) is 14.3. The lowest BCUT2D eigenvalue weighted by atomic mass is 10.1. The van der Waals surface area contributed by atoms with E-state index in [1.807, 2.05) is 0 Å². The van der Waals surface area contributed by atoms with E-state index in [2.05, 4.69) is 9.97 Å².